The molecule has 0 amide bonds. The molecule has 1 aliphatic rings. The van der Waals surface area contributed by atoms with E-state index in [1.54, 1.807) is 13.1 Å². The van der Waals surface area contributed by atoms with Gasteiger partial charge in [-0.15, -0.1) is 11.3 Å². The van der Waals surface area contributed by atoms with Gasteiger partial charge in [0, 0.05) is 38.1 Å². The van der Waals surface area contributed by atoms with Crippen molar-refractivity contribution in [3.63, 3.8) is 0 Å². The van der Waals surface area contributed by atoms with E-state index in [1.165, 1.54) is 16.9 Å². The van der Waals surface area contributed by atoms with Crippen molar-refractivity contribution in [2.75, 3.05) is 45.3 Å². The summed E-state index contributed by atoms with van der Waals surface area (Å²) in [7, 11) is 2.17. The smallest absolute Gasteiger partial charge is 0.311 e. The molecule has 3 rings (SSSR count). The Labute approximate surface area is 170 Å². The van der Waals surface area contributed by atoms with E-state index in [-0.39, 0.29) is 12.4 Å². The van der Waals surface area contributed by atoms with Crippen LogP contribution in [-0.2, 0) is 22.5 Å². The number of carbonyl (C=O) groups is 1. The molecule has 150 valence electrons. The molecule has 1 N–H and O–H groups in total. The summed E-state index contributed by atoms with van der Waals surface area (Å²) >= 11 is 1.41. The van der Waals surface area contributed by atoms with E-state index in [4.69, 9.17) is 4.74 Å². The van der Waals surface area contributed by atoms with Crippen molar-refractivity contribution in [3.05, 3.63) is 46.5 Å². The first-order valence-electron chi connectivity index (χ1n) is 9.51. The molecule has 2 heterocycles. The molecular formula is C20H27N5O2S. The first-order valence-corrected chi connectivity index (χ1v) is 10.4. The number of hydrogen-bond donors (Lipinski definition) is 1. The molecule has 1 aromatic carbocycles. The Morgan fingerprint density at radius 1 is 1.29 bits per heavy atom. The number of hydrazone groups is 1. The molecule has 1 saturated heterocycles. The fraction of sp³-hybridized carbons (Fsp3) is 0.450. The van der Waals surface area contributed by atoms with Crippen LogP contribution in [0, 0.1) is 0 Å². The van der Waals surface area contributed by atoms with Gasteiger partial charge >= 0.3 is 5.97 Å². The van der Waals surface area contributed by atoms with Gasteiger partial charge < -0.3 is 9.64 Å². The van der Waals surface area contributed by atoms with Gasteiger partial charge in [-0.25, -0.2) is 4.98 Å². The van der Waals surface area contributed by atoms with Gasteiger partial charge in [0.25, 0.3) is 0 Å². The second kappa shape index (κ2) is 10.3. The van der Waals surface area contributed by atoms with Crippen LogP contribution < -0.4 is 5.43 Å². The molecule has 8 heteroatoms. The minimum Gasteiger partial charge on any atom is -0.466 e. The van der Waals surface area contributed by atoms with Gasteiger partial charge in [0.1, 0.15) is 0 Å². The summed E-state index contributed by atoms with van der Waals surface area (Å²) in [6.45, 7) is 7.67. The van der Waals surface area contributed by atoms with E-state index in [2.05, 4.69) is 56.6 Å². The summed E-state index contributed by atoms with van der Waals surface area (Å²) in [6.07, 6.45) is 1.95. The number of thiazole rings is 1. The molecule has 0 radical (unpaired) electrons. The summed E-state index contributed by atoms with van der Waals surface area (Å²) in [5.41, 5.74) is 5.95. The first-order chi connectivity index (χ1) is 13.6. The van der Waals surface area contributed by atoms with Gasteiger partial charge in [0.2, 0.25) is 5.13 Å². The van der Waals surface area contributed by atoms with Crippen LogP contribution >= 0.6 is 11.3 Å². The largest absolute Gasteiger partial charge is 0.466 e. The average Bonchev–Trinajstić information content (AvgIpc) is 3.12. The summed E-state index contributed by atoms with van der Waals surface area (Å²) in [5.74, 6) is -0.264. The molecule has 7 nitrogen and oxygen atoms in total. The number of piperazine rings is 1. The maximum absolute atomic E-state index is 11.5. The molecule has 2 aromatic rings. The van der Waals surface area contributed by atoms with Gasteiger partial charge in [-0.2, -0.15) is 5.10 Å². The zero-order valence-electron chi connectivity index (χ0n) is 16.4. The molecule has 28 heavy (non-hydrogen) atoms. The first kappa shape index (κ1) is 20.4. The maximum atomic E-state index is 11.5. The molecular weight excluding hydrogens is 374 g/mol. The van der Waals surface area contributed by atoms with Crippen molar-refractivity contribution in [2.24, 2.45) is 5.10 Å². The summed E-state index contributed by atoms with van der Waals surface area (Å²) in [5, 5.41) is 6.73. The van der Waals surface area contributed by atoms with Gasteiger partial charge in [-0.1, -0.05) is 24.3 Å². The quantitative estimate of drug-likeness (QED) is 0.416. The highest BCUT2D eigenvalue weighted by molar-refractivity contribution is 7.13. The number of esters is 1. The lowest BCUT2D eigenvalue weighted by Crippen LogP contribution is -2.43. The van der Waals surface area contributed by atoms with E-state index in [9.17, 15) is 4.79 Å². The Balaban J connectivity index is 1.45. The van der Waals surface area contributed by atoms with Gasteiger partial charge in [-0.05, 0) is 25.1 Å². The summed E-state index contributed by atoms with van der Waals surface area (Å²) in [6, 6.07) is 8.45. The van der Waals surface area contributed by atoms with Gasteiger partial charge in [-0.3, -0.25) is 15.1 Å². The number of ether oxygens (including phenoxy) is 1. The number of nitrogens with one attached hydrogen (secondary N) is 1. The van der Waals surface area contributed by atoms with Crippen molar-refractivity contribution in [3.8, 4) is 0 Å². The van der Waals surface area contributed by atoms with Crippen LogP contribution in [-0.4, -0.2) is 66.8 Å². The van der Waals surface area contributed by atoms with Crippen LogP contribution in [0.4, 0.5) is 5.13 Å². The molecule has 0 unspecified atom stereocenters. The fourth-order valence-electron chi connectivity index (χ4n) is 2.93. The topological polar surface area (TPSA) is 70.1 Å². The van der Waals surface area contributed by atoms with Gasteiger partial charge in [0.15, 0.2) is 0 Å². The van der Waals surface area contributed by atoms with Crippen molar-refractivity contribution in [1.82, 2.24) is 14.8 Å². The van der Waals surface area contributed by atoms with Crippen LogP contribution in [0.1, 0.15) is 23.7 Å². The second-order valence-corrected chi connectivity index (χ2v) is 7.67. The Bertz CT molecular complexity index is 782. The number of hydrogen-bond acceptors (Lipinski definition) is 8. The number of benzene rings is 1. The molecule has 0 bridgehead atoms. The Hall–Kier alpha value is -2.29. The third-order valence-corrected chi connectivity index (χ3v) is 5.33. The third kappa shape index (κ3) is 6.40. The molecule has 1 aromatic heterocycles. The molecule has 0 saturated carbocycles. The van der Waals surface area contributed by atoms with Crippen molar-refractivity contribution in [1.29, 1.82) is 0 Å². The highest BCUT2D eigenvalue weighted by Gasteiger charge is 2.13. The minimum absolute atomic E-state index is 0.185. The Kier molecular flexibility index (Phi) is 7.53. The number of nitrogens with zero attached hydrogens (tertiary/aromatic N) is 4. The maximum Gasteiger partial charge on any atom is 0.311 e. The lowest BCUT2D eigenvalue weighted by molar-refractivity contribution is -0.142. The predicted octanol–water partition coefficient (Wildman–Crippen LogP) is 2.44. The standard InChI is InChI=1S/C20H27N5O2S/c1-3-27-19(26)12-18-15-28-20(22-18)23-21-13-16-4-6-17(7-5-16)14-25-10-8-24(2)9-11-25/h4-7,13,15H,3,8-12,14H2,1-2H3,(H,22,23). The monoisotopic (exact) mass is 401 g/mol. The van der Waals surface area contributed by atoms with Crippen LogP contribution in [0.2, 0.25) is 0 Å². The van der Waals surface area contributed by atoms with Crippen molar-refractivity contribution >= 4 is 28.7 Å². The lowest BCUT2D eigenvalue weighted by Gasteiger charge is -2.32. The van der Waals surface area contributed by atoms with E-state index in [0.29, 0.717) is 17.4 Å². The second-order valence-electron chi connectivity index (χ2n) is 6.82. The van der Waals surface area contributed by atoms with Crippen LogP contribution in [0.15, 0.2) is 34.7 Å². The van der Waals surface area contributed by atoms with E-state index >= 15 is 0 Å². The van der Waals surface area contributed by atoms with Crippen molar-refractivity contribution < 1.29 is 9.53 Å². The average molecular weight is 402 g/mol. The van der Waals surface area contributed by atoms with Gasteiger partial charge in [0.05, 0.1) is 24.9 Å². The van der Waals surface area contributed by atoms with Crippen LogP contribution in [0.25, 0.3) is 0 Å². The normalized spacial score (nSPS) is 15.8. The van der Waals surface area contributed by atoms with E-state index in [0.717, 1.165) is 38.3 Å². The molecule has 1 fully saturated rings. The predicted molar refractivity (Wildman–Crippen MR) is 113 cm³/mol. The zero-order chi connectivity index (χ0) is 19.8. The third-order valence-electron chi connectivity index (χ3n) is 4.54. The Morgan fingerprint density at radius 3 is 2.75 bits per heavy atom. The number of anilines is 1. The van der Waals surface area contributed by atoms with Crippen LogP contribution in [0.5, 0.6) is 0 Å². The highest BCUT2D eigenvalue weighted by atomic mass is 32.1. The zero-order valence-corrected chi connectivity index (χ0v) is 17.2. The Morgan fingerprint density at radius 2 is 2.04 bits per heavy atom. The number of rotatable bonds is 8. The fourth-order valence-corrected chi connectivity index (χ4v) is 3.59. The number of likely N-dealkylation sites (N-methyl/N-ethyl adjacent to an activating group) is 1. The number of carbonyl (C=O) groups excluding carboxylic acids is 1. The summed E-state index contributed by atoms with van der Waals surface area (Å²) < 4.78 is 4.93. The molecule has 1 aliphatic heterocycles. The molecule has 0 atom stereocenters. The highest BCUT2D eigenvalue weighted by Crippen LogP contribution is 2.16. The number of aromatic nitrogens is 1. The molecule has 0 aliphatic carbocycles. The van der Waals surface area contributed by atoms with E-state index < -0.39 is 0 Å². The lowest BCUT2D eigenvalue weighted by atomic mass is 10.1. The van der Waals surface area contributed by atoms with E-state index in [1.807, 2.05) is 5.38 Å². The SMILES string of the molecule is CCOC(=O)Cc1csc(NN=Cc2ccc(CN3CCN(C)CC3)cc2)n1. The van der Waals surface area contributed by atoms with Crippen molar-refractivity contribution in [2.45, 2.75) is 19.9 Å². The minimum atomic E-state index is -0.264. The van der Waals surface area contributed by atoms with Crippen LogP contribution in [0.3, 0.4) is 0 Å². The molecule has 0 spiro atoms. The summed E-state index contributed by atoms with van der Waals surface area (Å²) in [4.78, 5) is 20.7.